The van der Waals surface area contributed by atoms with E-state index in [-0.39, 0.29) is 101 Å². The summed E-state index contributed by atoms with van der Waals surface area (Å²) < 4.78 is 0. The van der Waals surface area contributed by atoms with Gasteiger partial charge in [-0.25, -0.2) is 0 Å². The van der Waals surface area contributed by atoms with Crippen LogP contribution in [0.1, 0.15) is 0 Å². The topological polar surface area (TPSA) is 0 Å². The van der Waals surface area contributed by atoms with Crippen LogP contribution in [0.4, 0.5) is 0 Å². The van der Waals surface area contributed by atoms with Crippen molar-refractivity contribution in [2.24, 2.45) is 0 Å². The Kier molecular flexibility index (Phi) is 222. The predicted molar refractivity (Wildman–Crippen MR) is 0 cm³/mol. The molecule has 0 aromatic heterocycles. The molecule has 0 aliphatic rings. The molecule has 5 heavy (non-hydrogen) atoms. The first-order valence-corrected chi connectivity index (χ1v) is 0. The fourth-order valence-electron chi connectivity index (χ4n) is 0. The first-order chi connectivity index (χ1) is 0. The molecule has 0 N–H and O–H groups in total. The van der Waals surface area contributed by atoms with Gasteiger partial charge in [-0.05, 0) is 0 Å². The summed E-state index contributed by atoms with van der Waals surface area (Å²) in [6.07, 6.45) is 0. The van der Waals surface area contributed by atoms with Crippen molar-refractivity contribution in [3.05, 3.63) is 0 Å². The molecule has 0 heterocycles. The molecule has 0 nitrogen and oxygen atoms in total. The summed E-state index contributed by atoms with van der Waals surface area (Å²) in [5.41, 5.74) is 0. The van der Waals surface area contributed by atoms with Crippen molar-refractivity contribution in [3.8, 4) is 0 Å². The molecule has 0 aliphatic heterocycles. The Morgan fingerprint density at radius 1 is 1.00 bits per heavy atom. The Bertz CT molecular complexity index is 11.6. The maximum atomic E-state index is 0. The normalized spacial score (nSPS) is 0. The number of rotatable bonds is 0. The maximum absolute atomic E-state index is 0. The predicted octanol–water partition coefficient (Wildman–Crippen LogP) is -0.0125. The molecule has 0 rings (SSSR count). The minimum absolute atomic E-state index is 0. The molecule has 1 radical (unpaired) electrons. The van der Waals surface area contributed by atoms with E-state index in [1.807, 2.05) is 0 Å². The van der Waals surface area contributed by atoms with Crippen molar-refractivity contribution in [2.45, 2.75) is 0 Å². The summed E-state index contributed by atoms with van der Waals surface area (Å²) in [6, 6.07) is 0. The van der Waals surface area contributed by atoms with Gasteiger partial charge in [-0.1, -0.05) is 0 Å². The molecule has 0 fully saturated rings. The molecule has 0 saturated carbocycles. The van der Waals surface area contributed by atoms with E-state index in [1.54, 1.807) is 0 Å². The molecule has 27 valence electrons. The van der Waals surface area contributed by atoms with Crippen molar-refractivity contribution in [3.63, 3.8) is 0 Å². The average Bonchev–Trinajstić information content (AvgIpc) is 0. The second-order valence-corrected chi connectivity index (χ2v) is 0. The maximum Gasteiger partial charge on any atom is 0 e. The van der Waals surface area contributed by atoms with Gasteiger partial charge < -0.3 is 0 Å². The Balaban J connectivity index is 0. The van der Waals surface area contributed by atoms with E-state index in [1.165, 1.54) is 0 Å². The molecule has 0 atom stereocenters. The zero-order chi connectivity index (χ0) is 0. The van der Waals surface area contributed by atoms with Gasteiger partial charge in [-0.3, -0.25) is 0 Å². The summed E-state index contributed by atoms with van der Waals surface area (Å²) in [7, 11) is 0. The first-order valence-electron chi connectivity index (χ1n) is 0. The fraction of sp³-hybridized carbons (Fsp3) is 0. The molecular weight excluding hydrogens is 298 g/mol. The Morgan fingerprint density at radius 3 is 1.00 bits per heavy atom. The van der Waals surface area contributed by atoms with Crippen molar-refractivity contribution < 1.29 is 101 Å². The molecule has 0 unspecified atom stereocenters. The van der Waals surface area contributed by atoms with Crippen LogP contribution >= 0.6 is 0 Å². The molecule has 0 saturated heterocycles. The third-order valence-electron chi connectivity index (χ3n) is 0. The third kappa shape index (κ3) is 18.9. The summed E-state index contributed by atoms with van der Waals surface area (Å²) in [6.45, 7) is 0. The van der Waals surface area contributed by atoms with Gasteiger partial charge in [0.05, 0.1) is 0 Å². The smallest absolute Gasteiger partial charge is 0 e. The Hall–Kier alpha value is 3.23. The van der Waals surface area contributed by atoms with Gasteiger partial charge in [-0.2, -0.15) is 0 Å². The summed E-state index contributed by atoms with van der Waals surface area (Å²) >= 11 is 0. The van der Waals surface area contributed by atoms with E-state index < -0.39 is 0 Å². The number of hydrogen-bond donors (Lipinski definition) is 0. The van der Waals surface area contributed by atoms with E-state index in [9.17, 15) is 0 Å². The van der Waals surface area contributed by atoms with Gasteiger partial charge in [0.2, 0.25) is 0 Å². The van der Waals surface area contributed by atoms with E-state index in [2.05, 4.69) is 0 Å². The Morgan fingerprint density at radius 2 is 1.00 bits per heavy atom. The fourth-order valence-corrected chi connectivity index (χ4v) is 0. The van der Waals surface area contributed by atoms with Crippen LogP contribution < -0.4 is 0 Å². The molecule has 0 bridgehead atoms. The van der Waals surface area contributed by atoms with Gasteiger partial charge in [0.25, 0.3) is 0 Å². The van der Waals surface area contributed by atoms with Crippen molar-refractivity contribution in [1.82, 2.24) is 0 Å². The van der Waals surface area contributed by atoms with E-state index in [0.717, 1.165) is 0 Å². The standard InChI is InChI=1S/Cr.Fe.Ti.V.Zr. The summed E-state index contributed by atoms with van der Waals surface area (Å²) in [4.78, 5) is 0. The van der Waals surface area contributed by atoms with Crippen LogP contribution in [-0.2, 0) is 101 Å². The van der Waals surface area contributed by atoms with E-state index in [0.29, 0.717) is 0 Å². The quantitative estimate of drug-likeness (QED) is 0.552. The van der Waals surface area contributed by atoms with Crippen LogP contribution in [-0.4, -0.2) is 0 Å². The van der Waals surface area contributed by atoms with Gasteiger partial charge in [0.15, 0.2) is 0 Å². The van der Waals surface area contributed by atoms with Gasteiger partial charge in [-0.15, -0.1) is 0 Å². The summed E-state index contributed by atoms with van der Waals surface area (Å²) in [5, 5.41) is 0. The van der Waals surface area contributed by atoms with Gasteiger partial charge in [0.1, 0.15) is 0 Å². The molecule has 0 aromatic rings. The van der Waals surface area contributed by atoms with Gasteiger partial charge in [0, 0.05) is 101 Å². The molecule has 0 amide bonds. The average molecular weight is 298 g/mol. The first kappa shape index (κ1) is 41.2. The Labute approximate surface area is 99.1 Å². The zero-order valence-electron chi connectivity index (χ0n) is 2.21. The number of hydrogen-bond acceptors (Lipinski definition) is 0. The minimum Gasteiger partial charge on any atom is 0 e. The minimum atomic E-state index is 0. The van der Waals surface area contributed by atoms with Crippen LogP contribution in [0, 0.1) is 0 Å². The second kappa shape index (κ2) is 26.9. The van der Waals surface area contributed by atoms with Crippen LogP contribution in [0.15, 0.2) is 0 Å². The van der Waals surface area contributed by atoms with Crippen molar-refractivity contribution in [1.29, 1.82) is 0 Å². The van der Waals surface area contributed by atoms with Crippen LogP contribution in [0.25, 0.3) is 0 Å². The SMILES string of the molecule is [Cr].[Fe].[Ti].[V].[Zr]. The van der Waals surface area contributed by atoms with Crippen LogP contribution in [0.2, 0.25) is 0 Å². The molecule has 0 aromatic carbocycles. The monoisotopic (exact) mass is 297 g/mol. The van der Waals surface area contributed by atoms with Crippen LogP contribution in [0.3, 0.4) is 0 Å². The third-order valence-corrected chi connectivity index (χ3v) is 0. The van der Waals surface area contributed by atoms with Crippen molar-refractivity contribution >= 4 is 0 Å². The van der Waals surface area contributed by atoms with Gasteiger partial charge >= 0.3 is 0 Å². The molecular formula is CrFeTiVZr. The zero-order valence-corrected chi connectivity index (χ0v) is 10.0. The molecule has 0 spiro atoms. The van der Waals surface area contributed by atoms with Crippen molar-refractivity contribution in [2.75, 3.05) is 0 Å². The molecule has 0 aliphatic carbocycles. The largest absolute Gasteiger partial charge is 0 e. The summed E-state index contributed by atoms with van der Waals surface area (Å²) in [5.74, 6) is 0. The molecule has 5 heteroatoms. The van der Waals surface area contributed by atoms with E-state index in [4.69, 9.17) is 0 Å². The van der Waals surface area contributed by atoms with Crippen LogP contribution in [0.5, 0.6) is 0 Å². The van der Waals surface area contributed by atoms with E-state index >= 15 is 0 Å². The second-order valence-electron chi connectivity index (χ2n) is 0.